The smallest absolute Gasteiger partial charge is 0.387 e. The molecule has 2 heterocycles. The standard InChI is InChI=1S/C17H18F2N4O3S.ClH/c18-17(19)26-11-5-3-10(4-6-11)23-7-1-2-12(16(23)25)22-15(24)13-9-27-14(8-20)21-13;/h3-6,9,12,17H,1-2,7-8,20H2,(H,22,24);1H. The van der Waals surface area contributed by atoms with Gasteiger partial charge in [0.15, 0.2) is 0 Å². The number of hydrogen-bond acceptors (Lipinski definition) is 6. The van der Waals surface area contributed by atoms with E-state index in [0.717, 1.165) is 0 Å². The van der Waals surface area contributed by atoms with Crippen LogP contribution in [0.1, 0.15) is 28.3 Å². The molecule has 1 aromatic carbocycles. The average Bonchev–Trinajstić information content (AvgIpc) is 3.13. The van der Waals surface area contributed by atoms with Crippen molar-refractivity contribution in [2.75, 3.05) is 11.4 Å². The van der Waals surface area contributed by atoms with Crippen LogP contribution >= 0.6 is 23.7 Å². The van der Waals surface area contributed by atoms with E-state index in [9.17, 15) is 18.4 Å². The molecule has 0 spiro atoms. The summed E-state index contributed by atoms with van der Waals surface area (Å²) in [5, 5.41) is 4.95. The zero-order valence-electron chi connectivity index (χ0n) is 14.6. The first-order valence-electron chi connectivity index (χ1n) is 8.29. The lowest BCUT2D eigenvalue weighted by Gasteiger charge is -2.32. The molecule has 1 unspecified atom stereocenters. The van der Waals surface area contributed by atoms with Crippen molar-refractivity contribution in [2.24, 2.45) is 5.73 Å². The molecule has 1 atom stereocenters. The highest BCUT2D eigenvalue weighted by Gasteiger charge is 2.31. The van der Waals surface area contributed by atoms with Crippen LogP contribution < -0.4 is 20.7 Å². The van der Waals surface area contributed by atoms with Crippen molar-refractivity contribution < 1.29 is 23.1 Å². The number of ether oxygens (including phenoxy) is 1. The molecule has 1 fully saturated rings. The van der Waals surface area contributed by atoms with Gasteiger partial charge in [-0.1, -0.05) is 0 Å². The molecule has 7 nitrogen and oxygen atoms in total. The highest BCUT2D eigenvalue weighted by atomic mass is 35.5. The van der Waals surface area contributed by atoms with Gasteiger partial charge in [-0.25, -0.2) is 4.98 Å². The Hall–Kier alpha value is -2.30. The number of amides is 2. The lowest BCUT2D eigenvalue weighted by Crippen LogP contribution is -2.52. The first kappa shape index (κ1) is 22.0. The number of nitrogens with one attached hydrogen (secondary N) is 1. The normalized spacial score (nSPS) is 16.6. The summed E-state index contributed by atoms with van der Waals surface area (Å²) in [5.41, 5.74) is 6.28. The molecule has 0 bridgehead atoms. The minimum atomic E-state index is -2.91. The molecule has 2 aromatic rings. The summed E-state index contributed by atoms with van der Waals surface area (Å²) in [4.78, 5) is 30.7. The summed E-state index contributed by atoms with van der Waals surface area (Å²) < 4.78 is 28.8. The van der Waals surface area contributed by atoms with Crippen molar-refractivity contribution in [2.45, 2.75) is 32.0 Å². The van der Waals surface area contributed by atoms with Crippen LogP contribution in [0.4, 0.5) is 14.5 Å². The predicted octanol–water partition coefficient (Wildman–Crippen LogP) is 2.55. The van der Waals surface area contributed by atoms with Crippen LogP contribution in [0, 0.1) is 0 Å². The zero-order valence-corrected chi connectivity index (χ0v) is 16.3. The van der Waals surface area contributed by atoms with Crippen molar-refractivity contribution in [3.8, 4) is 5.75 Å². The van der Waals surface area contributed by atoms with E-state index in [-0.39, 0.29) is 36.3 Å². The third-order valence-electron chi connectivity index (χ3n) is 4.08. The molecule has 2 amide bonds. The molecule has 1 aliphatic rings. The van der Waals surface area contributed by atoms with E-state index in [1.807, 2.05) is 0 Å². The number of rotatable bonds is 6. The first-order valence-corrected chi connectivity index (χ1v) is 9.17. The summed E-state index contributed by atoms with van der Waals surface area (Å²) in [6.07, 6.45) is 1.21. The van der Waals surface area contributed by atoms with Crippen LogP contribution in [0.25, 0.3) is 0 Å². The van der Waals surface area contributed by atoms with Crippen molar-refractivity contribution in [1.29, 1.82) is 0 Å². The molecule has 11 heteroatoms. The minimum Gasteiger partial charge on any atom is -0.435 e. The molecule has 28 heavy (non-hydrogen) atoms. The van der Waals surface area contributed by atoms with Gasteiger partial charge in [0.2, 0.25) is 5.91 Å². The Morgan fingerprint density at radius 3 is 2.71 bits per heavy atom. The molecule has 0 radical (unpaired) electrons. The lowest BCUT2D eigenvalue weighted by atomic mass is 10.0. The van der Waals surface area contributed by atoms with Gasteiger partial charge in [0, 0.05) is 24.2 Å². The van der Waals surface area contributed by atoms with Gasteiger partial charge in [0.1, 0.15) is 22.5 Å². The number of carbonyl (C=O) groups is 2. The Bertz CT molecular complexity index is 819. The highest BCUT2D eigenvalue weighted by Crippen LogP contribution is 2.25. The molecule has 1 aliphatic heterocycles. The van der Waals surface area contributed by atoms with Crippen molar-refractivity contribution >= 4 is 41.2 Å². The molecule has 3 rings (SSSR count). The van der Waals surface area contributed by atoms with Crippen molar-refractivity contribution in [3.63, 3.8) is 0 Å². The third kappa shape index (κ3) is 5.15. The second-order valence-corrected chi connectivity index (χ2v) is 6.80. The fourth-order valence-electron chi connectivity index (χ4n) is 2.81. The summed E-state index contributed by atoms with van der Waals surface area (Å²) in [5.74, 6) is -0.666. The van der Waals surface area contributed by atoms with E-state index >= 15 is 0 Å². The Morgan fingerprint density at radius 2 is 2.11 bits per heavy atom. The number of halogens is 3. The fourth-order valence-corrected chi connectivity index (χ4v) is 3.47. The predicted molar refractivity (Wildman–Crippen MR) is 103 cm³/mol. The van der Waals surface area contributed by atoms with Gasteiger partial charge >= 0.3 is 6.61 Å². The molecule has 0 saturated carbocycles. The maximum Gasteiger partial charge on any atom is 0.387 e. The van der Waals surface area contributed by atoms with Gasteiger partial charge < -0.3 is 20.7 Å². The number of thiazole rings is 1. The number of anilines is 1. The summed E-state index contributed by atoms with van der Waals surface area (Å²) >= 11 is 1.29. The topological polar surface area (TPSA) is 97.5 Å². The van der Waals surface area contributed by atoms with Gasteiger partial charge in [-0.2, -0.15) is 8.78 Å². The highest BCUT2D eigenvalue weighted by molar-refractivity contribution is 7.09. The number of alkyl halides is 2. The Balaban J connectivity index is 0.00000280. The number of hydrogen-bond donors (Lipinski definition) is 2. The van der Waals surface area contributed by atoms with Crippen molar-refractivity contribution in [3.05, 3.63) is 40.3 Å². The Labute approximate surface area is 170 Å². The quantitative estimate of drug-likeness (QED) is 0.731. The van der Waals surface area contributed by atoms with Gasteiger partial charge in [-0.15, -0.1) is 23.7 Å². The lowest BCUT2D eigenvalue weighted by molar-refractivity contribution is -0.121. The van der Waals surface area contributed by atoms with E-state index in [1.54, 1.807) is 5.38 Å². The van der Waals surface area contributed by atoms with Crippen LogP contribution in [0.5, 0.6) is 5.75 Å². The van der Waals surface area contributed by atoms with E-state index in [0.29, 0.717) is 30.1 Å². The number of aromatic nitrogens is 1. The Kier molecular flexibility index (Phi) is 7.67. The summed E-state index contributed by atoms with van der Waals surface area (Å²) in [7, 11) is 0. The van der Waals surface area contributed by atoms with Crippen LogP contribution in [0.2, 0.25) is 0 Å². The van der Waals surface area contributed by atoms with Crippen LogP contribution in [-0.2, 0) is 11.3 Å². The van der Waals surface area contributed by atoms with E-state index in [2.05, 4.69) is 15.0 Å². The summed E-state index contributed by atoms with van der Waals surface area (Å²) in [6, 6.07) is 5.15. The maximum atomic E-state index is 12.7. The molecular formula is C17H19ClF2N4O3S. The SMILES string of the molecule is Cl.NCc1nc(C(=O)NC2CCCN(c3ccc(OC(F)F)cc3)C2=O)cs1. The van der Waals surface area contributed by atoms with Crippen LogP contribution in [0.3, 0.4) is 0 Å². The first-order chi connectivity index (χ1) is 13.0. The van der Waals surface area contributed by atoms with Crippen molar-refractivity contribution in [1.82, 2.24) is 10.3 Å². The maximum absolute atomic E-state index is 12.7. The molecule has 0 aliphatic carbocycles. The second kappa shape index (κ2) is 9.76. The van der Waals surface area contributed by atoms with Gasteiger partial charge in [0.05, 0.1) is 0 Å². The minimum absolute atomic E-state index is 0. The number of piperidine rings is 1. The molecular weight excluding hydrogens is 414 g/mol. The molecule has 1 aromatic heterocycles. The Morgan fingerprint density at radius 1 is 1.39 bits per heavy atom. The number of nitrogens with two attached hydrogens (primary N) is 1. The van der Waals surface area contributed by atoms with Gasteiger partial charge in [-0.05, 0) is 37.1 Å². The third-order valence-corrected chi connectivity index (χ3v) is 4.95. The fraction of sp³-hybridized carbons (Fsp3) is 0.353. The van der Waals surface area contributed by atoms with E-state index < -0.39 is 18.6 Å². The zero-order chi connectivity index (χ0) is 19.4. The van der Waals surface area contributed by atoms with E-state index in [4.69, 9.17) is 5.73 Å². The molecule has 3 N–H and O–H groups in total. The van der Waals surface area contributed by atoms with Gasteiger partial charge in [-0.3, -0.25) is 9.59 Å². The number of nitrogens with zero attached hydrogens (tertiary/aromatic N) is 2. The average molecular weight is 433 g/mol. The summed E-state index contributed by atoms with van der Waals surface area (Å²) in [6.45, 7) is -2.18. The number of carbonyl (C=O) groups excluding carboxylic acids is 2. The number of benzene rings is 1. The molecule has 1 saturated heterocycles. The van der Waals surface area contributed by atoms with E-state index in [1.165, 1.54) is 40.5 Å². The van der Waals surface area contributed by atoms with Crippen LogP contribution in [0.15, 0.2) is 29.6 Å². The van der Waals surface area contributed by atoms with Gasteiger partial charge in [0.25, 0.3) is 5.91 Å². The largest absolute Gasteiger partial charge is 0.435 e. The van der Waals surface area contributed by atoms with Crippen LogP contribution in [-0.4, -0.2) is 36.0 Å². The monoisotopic (exact) mass is 432 g/mol. The second-order valence-electron chi connectivity index (χ2n) is 5.86. The molecule has 152 valence electrons.